The molecule has 0 saturated carbocycles. The van der Waals surface area contributed by atoms with Crippen LogP contribution in [0.15, 0.2) is 54.9 Å². The Balaban J connectivity index is 1.35. The zero-order chi connectivity index (χ0) is 18.6. The molecule has 4 rings (SSSR count). The molecule has 27 heavy (non-hydrogen) atoms. The van der Waals surface area contributed by atoms with Crippen LogP contribution in [0.25, 0.3) is 10.9 Å². The molecule has 0 radical (unpaired) electrons. The van der Waals surface area contributed by atoms with Gasteiger partial charge >= 0.3 is 0 Å². The van der Waals surface area contributed by atoms with Gasteiger partial charge in [0.05, 0.1) is 5.52 Å². The summed E-state index contributed by atoms with van der Waals surface area (Å²) in [5, 5.41) is 4.16. The van der Waals surface area contributed by atoms with E-state index in [2.05, 4.69) is 57.4 Å². The van der Waals surface area contributed by atoms with E-state index in [1.165, 1.54) is 5.56 Å². The Kier molecular flexibility index (Phi) is 5.01. The number of nitrogens with zero attached hydrogens (tertiary/aromatic N) is 3. The highest BCUT2D eigenvalue weighted by Crippen LogP contribution is 2.27. The number of fused-ring (bicyclic) bond motifs is 1. The lowest BCUT2D eigenvalue weighted by atomic mass is 9.95. The normalized spacial score (nSPS) is 15.1. The van der Waals surface area contributed by atoms with Crippen molar-refractivity contribution >= 4 is 22.6 Å². The minimum absolute atomic E-state index is 0.0693. The van der Waals surface area contributed by atoms with Crippen LogP contribution < -0.4 is 10.2 Å². The van der Waals surface area contributed by atoms with Gasteiger partial charge in [-0.2, -0.15) is 0 Å². The molecule has 5 heteroatoms. The van der Waals surface area contributed by atoms with Crippen LogP contribution in [-0.4, -0.2) is 29.0 Å². The average molecular weight is 360 g/mol. The fourth-order valence-corrected chi connectivity index (χ4v) is 3.64. The molecule has 1 saturated heterocycles. The van der Waals surface area contributed by atoms with E-state index in [-0.39, 0.29) is 11.8 Å². The molecule has 1 amide bonds. The maximum atomic E-state index is 12.5. The van der Waals surface area contributed by atoms with Gasteiger partial charge in [-0.1, -0.05) is 42.0 Å². The molecule has 1 aromatic heterocycles. The second-order valence-corrected chi connectivity index (χ2v) is 7.18. The Morgan fingerprint density at radius 3 is 2.59 bits per heavy atom. The van der Waals surface area contributed by atoms with Crippen LogP contribution in [0.3, 0.4) is 0 Å². The van der Waals surface area contributed by atoms with Gasteiger partial charge in [-0.15, -0.1) is 0 Å². The van der Waals surface area contributed by atoms with Crippen molar-refractivity contribution in [1.82, 2.24) is 15.3 Å². The van der Waals surface area contributed by atoms with Gasteiger partial charge in [0.25, 0.3) is 0 Å². The van der Waals surface area contributed by atoms with Crippen LogP contribution in [0.5, 0.6) is 0 Å². The van der Waals surface area contributed by atoms with Crippen LogP contribution in [0.4, 0.5) is 5.82 Å². The summed E-state index contributed by atoms with van der Waals surface area (Å²) in [6, 6.07) is 16.4. The molecule has 0 bridgehead atoms. The number of aryl methyl sites for hydroxylation is 1. The lowest BCUT2D eigenvalue weighted by Gasteiger charge is -2.32. The van der Waals surface area contributed by atoms with Crippen LogP contribution in [-0.2, 0) is 11.3 Å². The van der Waals surface area contributed by atoms with Crippen molar-refractivity contribution in [3.05, 3.63) is 66.0 Å². The van der Waals surface area contributed by atoms with E-state index in [1.807, 2.05) is 18.2 Å². The predicted molar refractivity (Wildman–Crippen MR) is 108 cm³/mol. The Morgan fingerprint density at radius 2 is 1.81 bits per heavy atom. The van der Waals surface area contributed by atoms with E-state index >= 15 is 0 Å². The van der Waals surface area contributed by atoms with Crippen LogP contribution >= 0.6 is 0 Å². The summed E-state index contributed by atoms with van der Waals surface area (Å²) in [5.74, 6) is 1.20. The third kappa shape index (κ3) is 3.92. The first-order valence-corrected chi connectivity index (χ1v) is 9.48. The zero-order valence-corrected chi connectivity index (χ0v) is 15.6. The first-order chi connectivity index (χ1) is 13.2. The standard InChI is InChI=1S/C22H24N4O/c1-16-6-8-17(9-7-16)14-23-22(27)18-10-12-26(13-11-18)21-19-4-2-3-5-20(19)24-15-25-21/h2-9,15,18H,10-14H2,1H3,(H,23,27). The maximum absolute atomic E-state index is 12.5. The van der Waals surface area contributed by atoms with Crippen molar-refractivity contribution in [2.24, 2.45) is 5.92 Å². The van der Waals surface area contributed by atoms with Crippen LogP contribution in [0.2, 0.25) is 0 Å². The largest absolute Gasteiger partial charge is 0.356 e. The highest BCUT2D eigenvalue weighted by atomic mass is 16.1. The number of piperidine rings is 1. The number of hydrogen-bond donors (Lipinski definition) is 1. The fraction of sp³-hybridized carbons (Fsp3) is 0.318. The van der Waals surface area contributed by atoms with Crippen molar-refractivity contribution in [3.8, 4) is 0 Å². The molecule has 138 valence electrons. The lowest BCUT2D eigenvalue weighted by Crippen LogP contribution is -2.40. The molecule has 1 fully saturated rings. The summed E-state index contributed by atoms with van der Waals surface area (Å²) in [6.07, 6.45) is 3.31. The number of carbonyl (C=O) groups is 1. The molecule has 3 aromatic rings. The first-order valence-electron chi connectivity index (χ1n) is 9.48. The van der Waals surface area contributed by atoms with Gasteiger partial charge in [0, 0.05) is 30.9 Å². The molecule has 0 atom stereocenters. The first kappa shape index (κ1) is 17.5. The molecular weight excluding hydrogens is 336 g/mol. The smallest absolute Gasteiger partial charge is 0.223 e. The average Bonchev–Trinajstić information content (AvgIpc) is 2.73. The number of amides is 1. The number of carbonyl (C=O) groups excluding carboxylic acids is 1. The summed E-state index contributed by atoms with van der Waals surface area (Å²) >= 11 is 0. The molecule has 1 aliphatic heterocycles. The van der Waals surface area contributed by atoms with E-state index in [9.17, 15) is 4.79 Å². The molecule has 2 heterocycles. The van der Waals surface area contributed by atoms with Crippen molar-refractivity contribution < 1.29 is 4.79 Å². The summed E-state index contributed by atoms with van der Waals surface area (Å²) < 4.78 is 0. The number of hydrogen-bond acceptors (Lipinski definition) is 4. The van der Waals surface area contributed by atoms with E-state index in [0.717, 1.165) is 48.2 Å². The third-order valence-corrected chi connectivity index (χ3v) is 5.27. The second-order valence-electron chi connectivity index (χ2n) is 7.18. The van der Waals surface area contributed by atoms with E-state index in [1.54, 1.807) is 6.33 Å². The Bertz CT molecular complexity index is 925. The fourth-order valence-electron chi connectivity index (χ4n) is 3.64. The summed E-state index contributed by atoms with van der Waals surface area (Å²) in [7, 11) is 0. The quantitative estimate of drug-likeness (QED) is 0.774. The molecule has 0 spiro atoms. The summed E-state index contributed by atoms with van der Waals surface area (Å²) in [5.41, 5.74) is 3.33. The van der Waals surface area contributed by atoms with Gasteiger partial charge in [-0.3, -0.25) is 4.79 Å². The molecular formula is C22H24N4O. The molecule has 0 unspecified atom stereocenters. The van der Waals surface area contributed by atoms with Crippen LogP contribution in [0, 0.1) is 12.8 Å². The molecule has 2 aromatic carbocycles. The van der Waals surface area contributed by atoms with Gasteiger partial charge in [0.2, 0.25) is 5.91 Å². The second kappa shape index (κ2) is 7.74. The van der Waals surface area contributed by atoms with Gasteiger partial charge in [-0.05, 0) is 37.5 Å². The number of anilines is 1. The number of para-hydroxylation sites is 1. The van der Waals surface area contributed by atoms with Gasteiger partial charge in [0.1, 0.15) is 12.1 Å². The van der Waals surface area contributed by atoms with Crippen molar-refractivity contribution in [1.29, 1.82) is 0 Å². The Labute approximate surface area is 159 Å². The Hall–Kier alpha value is -2.95. The highest BCUT2D eigenvalue weighted by molar-refractivity contribution is 5.89. The number of aromatic nitrogens is 2. The highest BCUT2D eigenvalue weighted by Gasteiger charge is 2.26. The topological polar surface area (TPSA) is 58.1 Å². The minimum Gasteiger partial charge on any atom is -0.356 e. The summed E-state index contributed by atoms with van der Waals surface area (Å²) in [6.45, 7) is 4.33. The van der Waals surface area contributed by atoms with Crippen LogP contribution in [0.1, 0.15) is 24.0 Å². The molecule has 5 nitrogen and oxygen atoms in total. The van der Waals surface area contributed by atoms with Crippen molar-refractivity contribution in [2.45, 2.75) is 26.3 Å². The summed E-state index contributed by atoms with van der Waals surface area (Å²) in [4.78, 5) is 23.6. The lowest BCUT2D eigenvalue weighted by molar-refractivity contribution is -0.125. The third-order valence-electron chi connectivity index (χ3n) is 5.27. The van der Waals surface area contributed by atoms with Crippen molar-refractivity contribution in [3.63, 3.8) is 0 Å². The minimum atomic E-state index is 0.0693. The SMILES string of the molecule is Cc1ccc(CNC(=O)C2CCN(c3ncnc4ccccc34)CC2)cc1. The number of benzene rings is 2. The molecule has 0 aliphatic carbocycles. The molecule has 1 N–H and O–H groups in total. The van der Waals surface area contributed by atoms with E-state index in [0.29, 0.717) is 6.54 Å². The number of nitrogens with one attached hydrogen (secondary N) is 1. The monoisotopic (exact) mass is 360 g/mol. The zero-order valence-electron chi connectivity index (χ0n) is 15.6. The molecule has 1 aliphatic rings. The van der Waals surface area contributed by atoms with E-state index in [4.69, 9.17) is 0 Å². The number of rotatable bonds is 4. The van der Waals surface area contributed by atoms with E-state index < -0.39 is 0 Å². The maximum Gasteiger partial charge on any atom is 0.223 e. The van der Waals surface area contributed by atoms with Gasteiger partial charge in [0.15, 0.2) is 0 Å². The van der Waals surface area contributed by atoms with Crippen molar-refractivity contribution in [2.75, 3.05) is 18.0 Å². The van der Waals surface area contributed by atoms with Gasteiger partial charge in [-0.25, -0.2) is 9.97 Å². The predicted octanol–water partition coefficient (Wildman–Crippen LogP) is 3.47. The van der Waals surface area contributed by atoms with Gasteiger partial charge < -0.3 is 10.2 Å². The Morgan fingerprint density at radius 1 is 1.07 bits per heavy atom.